The van der Waals surface area contributed by atoms with Crippen LogP contribution < -0.4 is 16.4 Å². The molecule has 41 heavy (non-hydrogen) atoms. The van der Waals surface area contributed by atoms with E-state index in [9.17, 15) is 22.4 Å². The van der Waals surface area contributed by atoms with E-state index in [1.807, 2.05) is 25.8 Å². The zero-order chi connectivity index (χ0) is 30.2. The quantitative estimate of drug-likeness (QED) is 0.215. The summed E-state index contributed by atoms with van der Waals surface area (Å²) in [6.45, 7) is 6.74. The first-order valence-corrected chi connectivity index (χ1v) is 13.2. The first-order chi connectivity index (χ1) is 19.5. The second-order valence-corrected chi connectivity index (χ2v) is 9.39. The zero-order valence-corrected chi connectivity index (χ0v) is 23.3. The number of rotatable bonds is 8. The molecule has 1 aliphatic heterocycles. The standard InChI is InChI=1S/C27H29F4N7O.C2H6/c1-37-6-8-38(9-7-37)16-18-2-4-21(12-22(18)27(29,30)31)36-25(39)15-34-24-5-3-17(11-23(24)28)20-10-19(13-32)26(33)35-14-20;1-2/h2-5,10-14,32,34H,6-9,15-16H2,1H3,(H2,33,35)(H,36,39);1-2H3. The Kier molecular flexibility index (Phi) is 10.8. The number of aromatic nitrogens is 1. The third kappa shape index (κ3) is 8.48. The van der Waals surface area contributed by atoms with E-state index >= 15 is 0 Å². The van der Waals surface area contributed by atoms with Crippen molar-refractivity contribution in [2.45, 2.75) is 26.6 Å². The van der Waals surface area contributed by atoms with Gasteiger partial charge in [0.25, 0.3) is 0 Å². The van der Waals surface area contributed by atoms with E-state index in [2.05, 4.69) is 20.5 Å². The van der Waals surface area contributed by atoms with Gasteiger partial charge < -0.3 is 26.7 Å². The Morgan fingerprint density at radius 2 is 1.78 bits per heavy atom. The highest BCUT2D eigenvalue weighted by Crippen LogP contribution is 2.34. The number of nitrogens with two attached hydrogens (primary N) is 1. The molecule has 0 spiro atoms. The van der Waals surface area contributed by atoms with Crippen LogP contribution in [0.3, 0.4) is 0 Å². The van der Waals surface area contributed by atoms with E-state index in [0.717, 1.165) is 25.4 Å². The molecule has 1 fully saturated rings. The molecule has 0 atom stereocenters. The van der Waals surface area contributed by atoms with Crippen LogP contribution in [0.1, 0.15) is 30.5 Å². The second kappa shape index (κ2) is 14.0. The number of alkyl halides is 3. The highest BCUT2D eigenvalue weighted by molar-refractivity contribution is 5.94. The van der Waals surface area contributed by atoms with Crippen molar-refractivity contribution in [1.29, 1.82) is 5.41 Å². The monoisotopic (exact) mass is 573 g/mol. The molecule has 1 aromatic heterocycles. The highest BCUT2D eigenvalue weighted by Gasteiger charge is 2.34. The molecule has 1 amide bonds. The average molecular weight is 574 g/mol. The number of amides is 1. The molecular formula is C29H35F4N7O. The predicted octanol–water partition coefficient (Wildman–Crippen LogP) is 5.31. The van der Waals surface area contributed by atoms with E-state index in [1.54, 1.807) is 12.1 Å². The van der Waals surface area contributed by atoms with Crippen LogP contribution in [-0.2, 0) is 17.5 Å². The summed E-state index contributed by atoms with van der Waals surface area (Å²) in [6.07, 6.45) is -2.07. The summed E-state index contributed by atoms with van der Waals surface area (Å²) in [5.41, 5.74) is 6.54. The molecular weight excluding hydrogens is 538 g/mol. The number of hydrogen-bond acceptors (Lipinski definition) is 7. The van der Waals surface area contributed by atoms with Crippen molar-refractivity contribution in [2.24, 2.45) is 0 Å². The van der Waals surface area contributed by atoms with Crippen molar-refractivity contribution in [3.05, 3.63) is 71.2 Å². The topological polar surface area (TPSA) is 110 Å². The van der Waals surface area contributed by atoms with Crippen molar-refractivity contribution >= 4 is 29.3 Å². The summed E-state index contributed by atoms with van der Waals surface area (Å²) in [5.74, 6) is -1.08. The fraction of sp³-hybridized carbons (Fsp3) is 0.345. The molecule has 2 heterocycles. The molecule has 8 nitrogen and oxygen atoms in total. The van der Waals surface area contributed by atoms with Crippen molar-refractivity contribution in [2.75, 3.05) is 56.1 Å². The number of nitrogens with one attached hydrogen (secondary N) is 3. The summed E-state index contributed by atoms with van der Waals surface area (Å²) < 4.78 is 56.1. The molecule has 0 saturated carbocycles. The molecule has 5 N–H and O–H groups in total. The molecule has 220 valence electrons. The van der Waals surface area contributed by atoms with Gasteiger partial charge in [0, 0.05) is 61.9 Å². The Morgan fingerprint density at radius 3 is 2.41 bits per heavy atom. The summed E-state index contributed by atoms with van der Waals surface area (Å²) in [6, 6.07) is 9.66. The number of carbonyl (C=O) groups excluding carboxylic acids is 1. The van der Waals surface area contributed by atoms with E-state index in [4.69, 9.17) is 11.1 Å². The van der Waals surface area contributed by atoms with Gasteiger partial charge in [-0.3, -0.25) is 9.69 Å². The molecule has 0 bridgehead atoms. The minimum Gasteiger partial charge on any atom is -0.383 e. The maximum absolute atomic E-state index is 14.7. The number of pyridine rings is 1. The summed E-state index contributed by atoms with van der Waals surface area (Å²) >= 11 is 0. The smallest absolute Gasteiger partial charge is 0.383 e. The number of likely N-dealkylation sites (N-methyl/N-ethyl adjacent to an activating group) is 1. The van der Waals surface area contributed by atoms with Crippen LogP contribution in [0.4, 0.5) is 34.8 Å². The normalized spacial score (nSPS) is 14.1. The van der Waals surface area contributed by atoms with Gasteiger partial charge in [0.05, 0.1) is 17.8 Å². The number of nitrogen functional groups attached to an aromatic ring is 1. The van der Waals surface area contributed by atoms with Gasteiger partial charge in [-0.15, -0.1) is 0 Å². The van der Waals surface area contributed by atoms with Gasteiger partial charge in [0.1, 0.15) is 11.6 Å². The highest BCUT2D eigenvalue weighted by atomic mass is 19.4. The number of anilines is 3. The van der Waals surface area contributed by atoms with Crippen molar-refractivity contribution < 1.29 is 22.4 Å². The number of hydrogen-bond donors (Lipinski definition) is 4. The van der Waals surface area contributed by atoms with E-state index in [-0.39, 0.29) is 35.8 Å². The summed E-state index contributed by atoms with van der Waals surface area (Å²) in [4.78, 5) is 20.5. The SMILES string of the molecule is CC.CN1CCN(Cc2ccc(NC(=O)CNc3ccc(-c4cnc(N)c(C=N)c4)cc3F)cc2C(F)(F)F)CC1. The lowest BCUT2D eigenvalue weighted by Gasteiger charge is -2.33. The van der Waals surface area contributed by atoms with Gasteiger partial charge in [-0.05, 0) is 48.5 Å². The second-order valence-electron chi connectivity index (χ2n) is 9.39. The fourth-order valence-corrected chi connectivity index (χ4v) is 4.29. The molecule has 12 heteroatoms. The van der Waals surface area contributed by atoms with Gasteiger partial charge in [0.2, 0.25) is 5.91 Å². The number of piperazine rings is 1. The van der Waals surface area contributed by atoms with Crippen LogP contribution in [0.2, 0.25) is 0 Å². The van der Waals surface area contributed by atoms with Crippen LogP contribution in [-0.4, -0.2) is 66.7 Å². The molecule has 2 aromatic carbocycles. The maximum Gasteiger partial charge on any atom is 0.416 e. The Labute approximate surface area is 237 Å². The fourth-order valence-electron chi connectivity index (χ4n) is 4.29. The third-order valence-electron chi connectivity index (χ3n) is 6.54. The lowest BCUT2D eigenvalue weighted by atomic mass is 10.0. The minimum atomic E-state index is -4.58. The molecule has 0 aliphatic carbocycles. The lowest BCUT2D eigenvalue weighted by Crippen LogP contribution is -2.44. The zero-order valence-electron chi connectivity index (χ0n) is 23.3. The minimum absolute atomic E-state index is 0.00456. The Balaban J connectivity index is 0.00000226. The van der Waals surface area contributed by atoms with Crippen LogP contribution in [0, 0.1) is 11.2 Å². The van der Waals surface area contributed by atoms with E-state index in [0.29, 0.717) is 29.8 Å². The average Bonchev–Trinajstić information content (AvgIpc) is 2.95. The molecule has 1 aliphatic rings. The third-order valence-corrected chi connectivity index (χ3v) is 6.54. The lowest BCUT2D eigenvalue weighted by molar-refractivity contribution is -0.138. The number of benzene rings is 2. The van der Waals surface area contributed by atoms with E-state index in [1.165, 1.54) is 30.5 Å². The molecule has 4 rings (SSSR count). The molecule has 0 radical (unpaired) electrons. The first kappa shape index (κ1) is 31.5. The van der Waals surface area contributed by atoms with Crippen molar-refractivity contribution in [3.63, 3.8) is 0 Å². The summed E-state index contributed by atoms with van der Waals surface area (Å²) in [5, 5.41) is 12.5. The molecule has 3 aromatic rings. The Morgan fingerprint density at radius 1 is 1.07 bits per heavy atom. The number of carbonyl (C=O) groups is 1. The van der Waals surface area contributed by atoms with Crippen LogP contribution in [0.5, 0.6) is 0 Å². The van der Waals surface area contributed by atoms with Gasteiger partial charge in [-0.25, -0.2) is 9.37 Å². The first-order valence-electron chi connectivity index (χ1n) is 13.2. The molecule has 1 saturated heterocycles. The van der Waals surface area contributed by atoms with E-state index < -0.39 is 23.5 Å². The van der Waals surface area contributed by atoms with Crippen molar-refractivity contribution in [1.82, 2.24) is 14.8 Å². The predicted molar refractivity (Wildman–Crippen MR) is 155 cm³/mol. The Bertz CT molecular complexity index is 1360. The van der Waals surface area contributed by atoms with Crippen molar-refractivity contribution in [3.8, 4) is 11.1 Å². The van der Waals surface area contributed by atoms with Crippen LogP contribution in [0.25, 0.3) is 11.1 Å². The Hall–Kier alpha value is -4.03. The molecule has 0 unspecified atom stereocenters. The van der Waals surface area contributed by atoms with Gasteiger partial charge >= 0.3 is 6.18 Å². The number of halogens is 4. The van der Waals surface area contributed by atoms with Gasteiger partial charge in [-0.1, -0.05) is 26.0 Å². The van der Waals surface area contributed by atoms with Crippen LogP contribution in [0.15, 0.2) is 48.7 Å². The van der Waals surface area contributed by atoms with Gasteiger partial charge in [-0.2, -0.15) is 13.2 Å². The van der Waals surface area contributed by atoms with Crippen LogP contribution >= 0.6 is 0 Å². The van der Waals surface area contributed by atoms with Gasteiger partial charge in [0.15, 0.2) is 0 Å². The number of nitrogens with zero attached hydrogens (tertiary/aromatic N) is 3. The largest absolute Gasteiger partial charge is 0.416 e. The maximum atomic E-state index is 14.7. The summed E-state index contributed by atoms with van der Waals surface area (Å²) in [7, 11) is 1.97.